The lowest BCUT2D eigenvalue weighted by molar-refractivity contribution is -0.140. The monoisotopic (exact) mass is 496 g/mol. The van der Waals surface area contributed by atoms with Gasteiger partial charge < -0.3 is 5.11 Å². The van der Waals surface area contributed by atoms with Gasteiger partial charge in [-0.25, -0.2) is 0 Å². The molecule has 4 rings (SSSR count). The minimum Gasteiger partial charge on any atom is -0.481 e. The van der Waals surface area contributed by atoms with E-state index in [2.05, 4.69) is 26.8 Å². The van der Waals surface area contributed by atoms with Crippen molar-refractivity contribution in [2.24, 2.45) is 16.7 Å². The molecule has 0 aromatic carbocycles. The highest BCUT2D eigenvalue weighted by Crippen LogP contribution is 2.67. The Kier molecular flexibility index (Phi) is 4.83. The minimum atomic E-state index is -1.31. The van der Waals surface area contributed by atoms with Crippen molar-refractivity contribution in [3.63, 3.8) is 0 Å². The van der Waals surface area contributed by atoms with Crippen molar-refractivity contribution in [1.29, 1.82) is 0 Å². The molecule has 0 aliphatic heterocycles. The van der Waals surface area contributed by atoms with E-state index in [-0.39, 0.29) is 20.0 Å². The number of aliphatic carboxylic acids is 1. The summed E-state index contributed by atoms with van der Waals surface area (Å²) < 4.78 is 12.4. The molecule has 152 valence electrons. The Hall–Kier alpha value is -1.11. The molecule has 0 aromatic heterocycles. The van der Waals surface area contributed by atoms with Crippen LogP contribution in [0.1, 0.15) is 72.1 Å². The third-order valence-electron chi connectivity index (χ3n) is 8.06. The molecule has 0 saturated carbocycles. The molecule has 1 N–H and O–H groups in total. The standard InChI is InChI=1S/C23H29IO4/c1-4-8-21(2)9-6-18-19-16(20(26)27)13-14-12-15(25)5-10-22(14,3)17(19)7-11-23(18,21)24-28/h6,12,16H,4-5,7-11,13H2,1-3H3,(H,26,27). The van der Waals surface area contributed by atoms with Gasteiger partial charge in [0.05, 0.1) is 9.34 Å². The van der Waals surface area contributed by atoms with Crippen molar-refractivity contribution in [3.8, 4) is 0 Å². The smallest absolute Gasteiger partial charge is 0.311 e. The van der Waals surface area contributed by atoms with E-state index < -0.39 is 33.1 Å². The average Bonchev–Trinajstić information content (AvgIpc) is 2.95. The maximum absolute atomic E-state index is 12.8. The first-order valence-electron chi connectivity index (χ1n) is 10.4. The van der Waals surface area contributed by atoms with Gasteiger partial charge in [-0.3, -0.25) is 12.7 Å². The summed E-state index contributed by atoms with van der Waals surface area (Å²) >= 11 is -1.31. The number of halogens is 1. The Morgan fingerprint density at radius 2 is 2.04 bits per heavy atom. The molecular weight excluding hydrogens is 467 g/mol. The van der Waals surface area contributed by atoms with Crippen LogP contribution in [-0.2, 0) is 12.7 Å². The van der Waals surface area contributed by atoms with Gasteiger partial charge in [0.1, 0.15) is 0 Å². The van der Waals surface area contributed by atoms with Crippen LogP contribution in [-0.4, -0.2) is 20.3 Å². The van der Waals surface area contributed by atoms with Crippen LogP contribution in [0.2, 0.25) is 0 Å². The number of carboxylic acid groups (broad SMARTS) is 1. The highest BCUT2D eigenvalue weighted by atomic mass is 127. The molecule has 4 aliphatic rings. The van der Waals surface area contributed by atoms with Crippen molar-refractivity contribution in [2.45, 2.75) is 75.6 Å². The van der Waals surface area contributed by atoms with Crippen LogP contribution in [0, 0.1) is 16.7 Å². The summed E-state index contributed by atoms with van der Waals surface area (Å²) in [7, 11) is 0. The molecule has 5 heteroatoms. The summed E-state index contributed by atoms with van der Waals surface area (Å²) in [5.74, 6) is -1.32. The van der Waals surface area contributed by atoms with Crippen molar-refractivity contribution in [3.05, 3.63) is 34.4 Å². The zero-order chi connectivity index (χ0) is 20.3. The fourth-order valence-corrected chi connectivity index (χ4v) is 8.71. The van der Waals surface area contributed by atoms with Gasteiger partial charge in [0.15, 0.2) is 27.0 Å². The molecule has 0 aromatic rings. The van der Waals surface area contributed by atoms with E-state index in [0.717, 1.165) is 55.2 Å². The number of allylic oxidation sites excluding steroid dienone is 5. The minimum absolute atomic E-state index is 0.0345. The van der Waals surface area contributed by atoms with E-state index in [9.17, 15) is 17.8 Å². The summed E-state index contributed by atoms with van der Waals surface area (Å²) in [6.07, 6.45) is 10.3. The summed E-state index contributed by atoms with van der Waals surface area (Å²) in [6, 6.07) is 0. The van der Waals surface area contributed by atoms with Gasteiger partial charge in [0.25, 0.3) is 0 Å². The molecule has 0 spiro atoms. The Morgan fingerprint density at radius 1 is 1.29 bits per heavy atom. The van der Waals surface area contributed by atoms with Crippen molar-refractivity contribution >= 4 is 32.9 Å². The fraction of sp³-hybridized carbons (Fsp3) is 0.652. The summed E-state index contributed by atoms with van der Waals surface area (Å²) in [6.45, 7) is 6.62. The highest BCUT2D eigenvalue weighted by molar-refractivity contribution is 14.1. The van der Waals surface area contributed by atoms with Crippen LogP contribution in [0.5, 0.6) is 0 Å². The Balaban J connectivity index is 1.92. The van der Waals surface area contributed by atoms with Gasteiger partial charge in [-0.15, -0.1) is 0 Å². The number of rotatable bonds is 4. The van der Waals surface area contributed by atoms with Crippen LogP contribution in [0.3, 0.4) is 0 Å². The number of carbonyl (C=O) groups is 2. The first kappa shape index (κ1) is 20.2. The molecular formula is C23H29IO4. The van der Waals surface area contributed by atoms with Gasteiger partial charge in [0.2, 0.25) is 0 Å². The molecule has 0 amide bonds. The maximum Gasteiger partial charge on any atom is 0.311 e. The quantitative estimate of drug-likeness (QED) is 0.402. The lowest BCUT2D eigenvalue weighted by Gasteiger charge is -2.52. The number of fused-ring (bicyclic) bond motifs is 4. The van der Waals surface area contributed by atoms with Crippen LogP contribution in [0.25, 0.3) is 0 Å². The lowest BCUT2D eigenvalue weighted by Crippen LogP contribution is -2.47. The topological polar surface area (TPSA) is 71.4 Å². The fourth-order valence-electron chi connectivity index (χ4n) is 6.45. The Labute approximate surface area is 177 Å². The van der Waals surface area contributed by atoms with Crippen LogP contribution >= 0.6 is 21.2 Å². The zero-order valence-electron chi connectivity index (χ0n) is 16.9. The summed E-state index contributed by atoms with van der Waals surface area (Å²) in [4.78, 5) is 24.3. The predicted octanol–water partition coefficient (Wildman–Crippen LogP) is 5.67. The van der Waals surface area contributed by atoms with E-state index in [1.807, 2.05) is 0 Å². The van der Waals surface area contributed by atoms with E-state index >= 15 is 0 Å². The van der Waals surface area contributed by atoms with Gasteiger partial charge in [-0.1, -0.05) is 44.4 Å². The molecule has 4 aliphatic carbocycles. The van der Waals surface area contributed by atoms with E-state index in [4.69, 9.17) is 0 Å². The molecule has 4 unspecified atom stereocenters. The first-order chi connectivity index (χ1) is 13.2. The van der Waals surface area contributed by atoms with Crippen LogP contribution in [0.4, 0.5) is 0 Å². The first-order valence-corrected chi connectivity index (χ1v) is 12.4. The number of hydrogen-bond acceptors (Lipinski definition) is 3. The number of ketones is 1. The second kappa shape index (κ2) is 6.71. The highest BCUT2D eigenvalue weighted by Gasteiger charge is 2.60. The maximum atomic E-state index is 12.8. The van der Waals surface area contributed by atoms with Crippen LogP contribution in [0.15, 0.2) is 34.4 Å². The van der Waals surface area contributed by atoms with Crippen molar-refractivity contribution in [1.82, 2.24) is 0 Å². The molecule has 0 heterocycles. The number of alkyl halides is 1. The number of hydrogen-bond donors (Lipinski definition) is 1. The molecule has 4 atom stereocenters. The molecule has 0 fully saturated rings. The van der Waals surface area contributed by atoms with Gasteiger partial charge >= 0.3 is 5.97 Å². The molecule has 0 bridgehead atoms. The van der Waals surface area contributed by atoms with Crippen LogP contribution < -0.4 is 0 Å². The largest absolute Gasteiger partial charge is 0.481 e. The van der Waals surface area contributed by atoms with Gasteiger partial charge in [-0.2, -0.15) is 0 Å². The van der Waals surface area contributed by atoms with E-state index in [1.54, 1.807) is 6.08 Å². The third kappa shape index (κ3) is 2.53. The normalized spacial score (nSPS) is 39.7. The van der Waals surface area contributed by atoms with E-state index in [1.165, 1.54) is 5.57 Å². The average molecular weight is 496 g/mol. The second-order valence-electron chi connectivity index (χ2n) is 9.47. The second-order valence-corrected chi connectivity index (χ2v) is 11.7. The number of carboxylic acids is 1. The third-order valence-corrected chi connectivity index (χ3v) is 11.2. The molecule has 28 heavy (non-hydrogen) atoms. The SMILES string of the molecule is CCCC1(C)CC=C2C3=C(CCC21I=O)C1(C)CCC(=O)C=C1CC3C(=O)O. The molecule has 0 radical (unpaired) electrons. The van der Waals surface area contributed by atoms with Crippen molar-refractivity contribution in [2.75, 3.05) is 0 Å². The predicted molar refractivity (Wildman–Crippen MR) is 116 cm³/mol. The zero-order valence-corrected chi connectivity index (χ0v) is 19.1. The summed E-state index contributed by atoms with van der Waals surface area (Å²) in [5, 5.41) is 10.1. The molecule has 0 saturated heterocycles. The summed E-state index contributed by atoms with van der Waals surface area (Å²) in [5.41, 5.74) is 4.03. The number of carbonyl (C=O) groups excluding carboxylic acids is 1. The van der Waals surface area contributed by atoms with E-state index in [0.29, 0.717) is 12.8 Å². The van der Waals surface area contributed by atoms with Gasteiger partial charge in [-0.05, 0) is 61.2 Å². The lowest BCUT2D eigenvalue weighted by atomic mass is 9.54. The van der Waals surface area contributed by atoms with Gasteiger partial charge in [0, 0.05) is 11.8 Å². The molecule has 4 nitrogen and oxygen atoms in total. The Morgan fingerprint density at radius 3 is 2.68 bits per heavy atom. The Bertz CT molecular complexity index is 866. The van der Waals surface area contributed by atoms with Crippen molar-refractivity contribution < 1.29 is 17.8 Å².